The largest absolute Gasteiger partial charge is 0.497 e. The van der Waals surface area contributed by atoms with Gasteiger partial charge in [0.2, 0.25) is 0 Å². The SMILES string of the molecule is COc1ccc2[nH]cc([C@@H]3CCNC3)c2c1. The zero-order valence-corrected chi connectivity index (χ0v) is 9.42. The van der Waals surface area contributed by atoms with Gasteiger partial charge in [-0.3, -0.25) is 0 Å². The van der Waals surface area contributed by atoms with Crippen LogP contribution in [0.2, 0.25) is 0 Å². The Hall–Kier alpha value is -1.48. The highest BCUT2D eigenvalue weighted by atomic mass is 16.5. The summed E-state index contributed by atoms with van der Waals surface area (Å²) in [6, 6.07) is 6.20. The Balaban J connectivity index is 2.09. The van der Waals surface area contributed by atoms with Crippen molar-refractivity contribution in [3.8, 4) is 5.75 Å². The number of fused-ring (bicyclic) bond motifs is 1. The van der Waals surface area contributed by atoms with Crippen molar-refractivity contribution in [2.45, 2.75) is 12.3 Å². The van der Waals surface area contributed by atoms with Crippen molar-refractivity contribution >= 4 is 10.9 Å². The normalized spacial score (nSPS) is 20.4. The van der Waals surface area contributed by atoms with Crippen LogP contribution in [0.4, 0.5) is 0 Å². The predicted octanol–water partition coefficient (Wildman–Crippen LogP) is 2.25. The lowest BCUT2D eigenvalue weighted by Gasteiger charge is -2.07. The van der Waals surface area contributed by atoms with Crippen LogP contribution in [0.25, 0.3) is 10.9 Å². The fourth-order valence-electron chi connectivity index (χ4n) is 2.51. The van der Waals surface area contributed by atoms with E-state index in [-0.39, 0.29) is 0 Å². The van der Waals surface area contributed by atoms with Gasteiger partial charge in [0.1, 0.15) is 5.75 Å². The first-order chi connectivity index (χ1) is 7.88. The number of nitrogens with one attached hydrogen (secondary N) is 2. The molecule has 2 heterocycles. The third-order valence-electron chi connectivity index (χ3n) is 3.42. The molecular weight excluding hydrogens is 200 g/mol. The van der Waals surface area contributed by atoms with Gasteiger partial charge >= 0.3 is 0 Å². The summed E-state index contributed by atoms with van der Waals surface area (Å²) in [6.45, 7) is 2.21. The summed E-state index contributed by atoms with van der Waals surface area (Å²) < 4.78 is 5.28. The molecule has 0 spiro atoms. The molecule has 0 aliphatic carbocycles. The molecule has 0 bridgehead atoms. The van der Waals surface area contributed by atoms with E-state index in [1.165, 1.54) is 22.9 Å². The summed E-state index contributed by atoms with van der Waals surface area (Å²) in [7, 11) is 1.71. The van der Waals surface area contributed by atoms with Crippen molar-refractivity contribution < 1.29 is 4.74 Å². The molecule has 84 valence electrons. The van der Waals surface area contributed by atoms with E-state index < -0.39 is 0 Å². The first-order valence-corrected chi connectivity index (χ1v) is 5.74. The molecule has 0 amide bonds. The molecule has 0 unspecified atom stereocenters. The summed E-state index contributed by atoms with van der Waals surface area (Å²) in [4.78, 5) is 3.33. The smallest absolute Gasteiger partial charge is 0.119 e. The molecule has 1 atom stereocenters. The molecule has 1 fully saturated rings. The van der Waals surface area contributed by atoms with Gasteiger partial charge in [-0.1, -0.05) is 0 Å². The molecule has 3 nitrogen and oxygen atoms in total. The van der Waals surface area contributed by atoms with Crippen LogP contribution in [0.15, 0.2) is 24.4 Å². The molecule has 1 saturated heterocycles. The second-order valence-corrected chi connectivity index (χ2v) is 4.35. The number of hydrogen-bond donors (Lipinski definition) is 2. The molecular formula is C13H16N2O. The lowest BCUT2D eigenvalue weighted by Crippen LogP contribution is -2.07. The molecule has 1 aromatic heterocycles. The van der Waals surface area contributed by atoms with E-state index in [1.807, 2.05) is 6.07 Å². The lowest BCUT2D eigenvalue weighted by atomic mass is 9.98. The fraction of sp³-hybridized carbons (Fsp3) is 0.385. The van der Waals surface area contributed by atoms with Crippen LogP contribution in [-0.4, -0.2) is 25.2 Å². The third-order valence-corrected chi connectivity index (χ3v) is 3.42. The number of hydrogen-bond acceptors (Lipinski definition) is 2. The molecule has 2 N–H and O–H groups in total. The van der Waals surface area contributed by atoms with E-state index in [2.05, 4.69) is 28.6 Å². The van der Waals surface area contributed by atoms with Crippen molar-refractivity contribution in [1.29, 1.82) is 0 Å². The van der Waals surface area contributed by atoms with Crippen molar-refractivity contribution in [2.75, 3.05) is 20.2 Å². The van der Waals surface area contributed by atoms with E-state index in [0.717, 1.165) is 18.8 Å². The van der Waals surface area contributed by atoms with E-state index in [9.17, 15) is 0 Å². The molecule has 0 radical (unpaired) electrons. The second kappa shape index (κ2) is 3.83. The number of aromatic amines is 1. The molecule has 0 saturated carbocycles. The van der Waals surface area contributed by atoms with Crippen molar-refractivity contribution in [3.05, 3.63) is 30.0 Å². The Labute approximate surface area is 94.8 Å². The van der Waals surface area contributed by atoms with Gasteiger partial charge in [-0.2, -0.15) is 0 Å². The van der Waals surface area contributed by atoms with E-state index in [4.69, 9.17) is 4.74 Å². The second-order valence-electron chi connectivity index (χ2n) is 4.35. The van der Waals surface area contributed by atoms with Crippen LogP contribution in [-0.2, 0) is 0 Å². The predicted molar refractivity (Wildman–Crippen MR) is 65.1 cm³/mol. The number of benzene rings is 1. The zero-order chi connectivity index (χ0) is 11.0. The van der Waals surface area contributed by atoms with Gasteiger partial charge in [0.05, 0.1) is 7.11 Å². The maximum absolute atomic E-state index is 5.28. The maximum atomic E-state index is 5.28. The summed E-state index contributed by atoms with van der Waals surface area (Å²) in [5.74, 6) is 1.57. The van der Waals surface area contributed by atoms with Crippen molar-refractivity contribution in [3.63, 3.8) is 0 Å². The van der Waals surface area contributed by atoms with Gasteiger partial charge in [0.15, 0.2) is 0 Å². The third kappa shape index (κ3) is 1.48. The molecule has 16 heavy (non-hydrogen) atoms. The van der Waals surface area contributed by atoms with E-state index >= 15 is 0 Å². The average molecular weight is 216 g/mol. The van der Waals surface area contributed by atoms with Crippen LogP contribution in [0.5, 0.6) is 5.75 Å². The highest BCUT2D eigenvalue weighted by molar-refractivity contribution is 5.85. The van der Waals surface area contributed by atoms with Gasteiger partial charge in [-0.05, 0) is 42.6 Å². The Kier molecular flexibility index (Phi) is 2.33. The molecule has 1 aromatic carbocycles. The van der Waals surface area contributed by atoms with Crippen LogP contribution in [0.3, 0.4) is 0 Å². The number of aromatic nitrogens is 1. The van der Waals surface area contributed by atoms with Crippen LogP contribution in [0, 0.1) is 0 Å². The molecule has 1 aliphatic heterocycles. The van der Waals surface area contributed by atoms with E-state index in [1.54, 1.807) is 7.11 Å². The monoisotopic (exact) mass is 216 g/mol. The molecule has 3 rings (SSSR count). The molecule has 2 aromatic rings. The lowest BCUT2D eigenvalue weighted by molar-refractivity contribution is 0.415. The minimum atomic E-state index is 0.640. The highest BCUT2D eigenvalue weighted by Gasteiger charge is 2.19. The standard InChI is InChI=1S/C13H16N2O/c1-16-10-2-3-13-11(6-10)12(8-15-13)9-4-5-14-7-9/h2-3,6,8-9,14-15H,4-5,7H2,1H3/t9-/m1/s1. The maximum Gasteiger partial charge on any atom is 0.119 e. The van der Waals surface area contributed by atoms with Crippen molar-refractivity contribution in [2.24, 2.45) is 0 Å². The topological polar surface area (TPSA) is 37.0 Å². The van der Waals surface area contributed by atoms with Crippen LogP contribution >= 0.6 is 0 Å². The van der Waals surface area contributed by atoms with Crippen LogP contribution < -0.4 is 10.1 Å². The van der Waals surface area contributed by atoms with Gasteiger partial charge in [-0.15, -0.1) is 0 Å². The van der Waals surface area contributed by atoms with Gasteiger partial charge < -0.3 is 15.0 Å². The Morgan fingerprint density at radius 1 is 1.38 bits per heavy atom. The minimum absolute atomic E-state index is 0.640. The highest BCUT2D eigenvalue weighted by Crippen LogP contribution is 2.31. The number of rotatable bonds is 2. The van der Waals surface area contributed by atoms with Gasteiger partial charge in [0, 0.05) is 23.6 Å². The van der Waals surface area contributed by atoms with Crippen molar-refractivity contribution in [1.82, 2.24) is 10.3 Å². The van der Waals surface area contributed by atoms with Gasteiger partial charge in [0.25, 0.3) is 0 Å². The fourth-order valence-corrected chi connectivity index (χ4v) is 2.51. The first-order valence-electron chi connectivity index (χ1n) is 5.74. The number of ether oxygens (including phenoxy) is 1. The molecule has 3 heteroatoms. The average Bonchev–Trinajstić information content (AvgIpc) is 2.96. The Morgan fingerprint density at radius 3 is 3.06 bits per heavy atom. The summed E-state index contributed by atoms with van der Waals surface area (Å²) in [5, 5.41) is 4.71. The summed E-state index contributed by atoms with van der Waals surface area (Å²) >= 11 is 0. The Morgan fingerprint density at radius 2 is 2.31 bits per heavy atom. The summed E-state index contributed by atoms with van der Waals surface area (Å²) in [5.41, 5.74) is 2.61. The molecule has 1 aliphatic rings. The van der Waals surface area contributed by atoms with Gasteiger partial charge in [-0.25, -0.2) is 0 Å². The van der Waals surface area contributed by atoms with E-state index in [0.29, 0.717) is 5.92 Å². The quantitative estimate of drug-likeness (QED) is 0.808. The van der Waals surface area contributed by atoms with Crippen LogP contribution in [0.1, 0.15) is 17.9 Å². The minimum Gasteiger partial charge on any atom is -0.497 e. The first kappa shape index (κ1) is 9.73. The zero-order valence-electron chi connectivity index (χ0n) is 9.42. The Bertz CT molecular complexity index is 498. The number of H-pyrrole nitrogens is 1. The summed E-state index contributed by atoms with van der Waals surface area (Å²) in [6.07, 6.45) is 3.37. The number of methoxy groups -OCH3 is 1.